The highest BCUT2D eigenvalue weighted by molar-refractivity contribution is 5.98. The first-order valence-electron chi connectivity index (χ1n) is 17.4. The zero-order valence-electron chi connectivity index (χ0n) is 30.6. The molecule has 252 valence electrons. The molecule has 4 aromatic carbocycles. The zero-order valence-corrected chi connectivity index (χ0v) is 30.6. The van der Waals surface area contributed by atoms with E-state index in [0.717, 1.165) is 66.8 Å². The molecule has 0 spiro atoms. The smallest absolute Gasteiger partial charge is 0.145 e. The van der Waals surface area contributed by atoms with E-state index >= 15 is 0 Å². The van der Waals surface area contributed by atoms with Crippen molar-refractivity contribution in [2.75, 3.05) is 0 Å². The predicted octanol–water partition coefficient (Wildman–Crippen LogP) is 11.6. The lowest BCUT2D eigenvalue weighted by atomic mass is 9.84. The highest BCUT2D eigenvalue weighted by atomic mass is 16.3. The van der Waals surface area contributed by atoms with Gasteiger partial charge < -0.3 is 5.11 Å². The summed E-state index contributed by atoms with van der Waals surface area (Å²) >= 11 is 0. The van der Waals surface area contributed by atoms with Crippen molar-refractivity contribution in [3.63, 3.8) is 0 Å². The molecule has 0 aliphatic carbocycles. The molecule has 0 amide bonds. The molecule has 5 heteroatoms. The summed E-state index contributed by atoms with van der Waals surface area (Å²) in [6.07, 6.45) is 5.57. The SMILES string of the molecule is CC(C)(C)c1ccc(-n2c(-c3cccc(-c4cc(C(C)(C)C)cc5cccnc45)c3)nc3c(-c4cc(C(C)(C)C)ccc4O)cncc32)cc1. The minimum absolute atomic E-state index is 0.0232. The lowest BCUT2D eigenvalue weighted by Crippen LogP contribution is -2.11. The maximum Gasteiger partial charge on any atom is 0.145 e. The quantitative estimate of drug-likeness (QED) is 0.204. The third-order valence-electron chi connectivity index (χ3n) is 9.72. The van der Waals surface area contributed by atoms with Crippen molar-refractivity contribution in [2.24, 2.45) is 0 Å². The van der Waals surface area contributed by atoms with E-state index in [1.165, 1.54) is 11.1 Å². The molecule has 0 aliphatic rings. The van der Waals surface area contributed by atoms with Crippen LogP contribution in [0.2, 0.25) is 0 Å². The van der Waals surface area contributed by atoms with Gasteiger partial charge in [-0.3, -0.25) is 14.5 Å². The molecule has 0 bridgehead atoms. The van der Waals surface area contributed by atoms with Crippen molar-refractivity contribution in [1.29, 1.82) is 0 Å². The number of phenols is 1. The first kappa shape index (κ1) is 33.2. The highest BCUT2D eigenvalue weighted by Crippen LogP contribution is 2.41. The van der Waals surface area contributed by atoms with Crippen LogP contribution >= 0.6 is 0 Å². The Kier molecular flexibility index (Phi) is 7.93. The van der Waals surface area contributed by atoms with Gasteiger partial charge >= 0.3 is 0 Å². The van der Waals surface area contributed by atoms with E-state index < -0.39 is 0 Å². The van der Waals surface area contributed by atoms with Gasteiger partial charge in [0, 0.05) is 45.7 Å². The van der Waals surface area contributed by atoms with E-state index in [-0.39, 0.29) is 22.0 Å². The number of aromatic hydroxyl groups is 1. The highest BCUT2D eigenvalue weighted by Gasteiger charge is 2.23. The average Bonchev–Trinajstić information content (AvgIpc) is 3.47. The molecule has 0 radical (unpaired) electrons. The first-order valence-corrected chi connectivity index (χ1v) is 17.4. The van der Waals surface area contributed by atoms with Gasteiger partial charge in [-0.05, 0) is 87.0 Å². The number of rotatable bonds is 4. The van der Waals surface area contributed by atoms with Crippen LogP contribution in [0.5, 0.6) is 5.75 Å². The van der Waals surface area contributed by atoms with Gasteiger partial charge in [-0.2, -0.15) is 0 Å². The Morgan fingerprint density at radius 1 is 0.560 bits per heavy atom. The number of hydrogen-bond donors (Lipinski definition) is 1. The van der Waals surface area contributed by atoms with Crippen LogP contribution in [-0.4, -0.2) is 24.6 Å². The van der Waals surface area contributed by atoms with Crippen LogP contribution in [0.15, 0.2) is 110 Å². The molecule has 3 heterocycles. The Morgan fingerprint density at radius 3 is 1.92 bits per heavy atom. The van der Waals surface area contributed by atoms with Crippen molar-refractivity contribution in [1.82, 2.24) is 19.5 Å². The van der Waals surface area contributed by atoms with E-state index in [1.807, 2.05) is 30.7 Å². The number of benzene rings is 4. The fraction of sp³-hybridized carbons (Fsp3) is 0.267. The lowest BCUT2D eigenvalue weighted by Gasteiger charge is -2.21. The van der Waals surface area contributed by atoms with Crippen LogP contribution in [-0.2, 0) is 16.2 Å². The van der Waals surface area contributed by atoms with Crippen LogP contribution in [0.4, 0.5) is 0 Å². The van der Waals surface area contributed by atoms with Crippen LogP contribution in [0.25, 0.3) is 61.3 Å². The van der Waals surface area contributed by atoms with Gasteiger partial charge in [0.2, 0.25) is 0 Å². The monoisotopic (exact) mass is 658 g/mol. The minimum Gasteiger partial charge on any atom is -0.507 e. The Bertz CT molecular complexity index is 2380. The minimum atomic E-state index is -0.0904. The van der Waals surface area contributed by atoms with Crippen LogP contribution in [0.1, 0.15) is 79.0 Å². The molecule has 5 nitrogen and oxygen atoms in total. The third kappa shape index (κ3) is 6.06. The van der Waals surface area contributed by atoms with Gasteiger partial charge in [0.25, 0.3) is 0 Å². The van der Waals surface area contributed by atoms with Crippen molar-refractivity contribution < 1.29 is 5.11 Å². The zero-order chi connectivity index (χ0) is 35.6. The molecular weight excluding hydrogens is 613 g/mol. The van der Waals surface area contributed by atoms with Crippen LogP contribution < -0.4 is 0 Å². The maximum atomic E-state index is 11.2. The van der Waals surface area contributed by atoms with Crippen molar-refractivity contribution >= 4 is 21.9 Å². The molecule has 50 heavy (non-hydrogen) atoms. The molecule has 1 N–H and O–H groups in total. The number of hydrogen-bond acceptors (Lipinski definition) is 4. The van der Waals surface area contributed by atoms with Crippen LogP contribution in [0, 0.1) is 0 Å². The molecular formula is C45H46N4O. The molecule has 0 unspecified atom stereocenters. The first-order chi connectivity index (χ1) is 23.6. The number of nitrogens with zero attached hydrogens (tertiary/aromatic N) is 4. The molecule has 0 aliphatic heterocycles. The predicted molar refractivity (Wildman–Crippen MR) is 208 cm³/mol. The Balaban J connectivity index is 1.49. The van der Waals surface area contributed by atoms with Crippen LogP contribution in [0.3, 0.4) is 0 Å². The van der Waals surface area contributed by atoms with Gasteiger partial charge in [-0.1, -0.05) is 105 Å². The van der Waals surface area contributed by atoms with Gasteiger partial charge in [0.15, 0.2) is 0 Å². The second kappa shape index (κ2) is 11.9. The molecule has 0 saturated heterocycles. The summed E-state index contributed by atoms with van der Waals surface area (Å²) in [6, 6.07) is 31.9. The van der Waals surface area contributed by atoms with E-state index in [0.29, 0.717) is 0 Å². The summed E-state index contributed by atoms with van der Waals surface area (Å²) in [5.41, 5.74) is 11.8. The van der Waals surface area contributed by atoms with Gasteiger partial charge in [0.1, 0.15) is 17.1 Å². The maximum absolute atomic E-state index is 11.2. The topological polar surface area (TPSA) is 63.8 Å². The van der Waals surface area contributed by atoms with Gasteiger partial charge in [0.05, 0.1) is 17.2 Å². The Hall–Kier alpha value is -5.29. The summed E-state index contributed by atoms with van der Waals surface area (Å²) < 4.78 is 2.20. The standard InChI is InChI=1S/C45H46N4O/c1-43(2,3)31-15-18-34(19-16-31)49-38-27-46-26-37(36-24-32(44(4,5)6)17-20-39(36)50)41(38)48-42(49)30-13-10-12-28(22-30)35-25-33(45(7,8)9)23-29-14-11-21-47-40(29)35/h10-27,50H,1-9H3. The normalized spacial score (nSPS) is 12.6. The number of fused-ring (bicyclic) bond motifs is 2. The number of imidazole rings is 1. The summed E-state index contributed by atoms with van der Waals surface area (Å²) in [4.78, 5) is 14.9. The van der Waals surface area contributed by atoms with E-state index in [2.05, 4.69) is 140 Å². The van der Waals surface area contributed by atoms with E-state index in [4.69, 9.17) is 15.0 Å². The van der Waals surface area contributed by atoms with Crippen molar-refractivity contribution in [3.05, 3.63) is 126 Å². The average molecular weight is 659 g/mol. The number of phenolic OH excluding ortho intramolecular Hbond substituents is 1. The summed E-state index contributed by atoms with van der Waals surface area (Å²) in [5.74, 6) is 1.01. The fourth-order valence-corrected chi connectivity index (χ4v) is 6.65. The van der Waals surface area contributed by atoms with E-state index in [9.17, 15) is 5.11 Å². The fourth-order valence-electron chi connectivity index (χ4n) is 6.65. The second-order valence-corrected chi connectivity index (χ2v) is 16.5. The lowest BCUT2D eigenvalue weighted by molar-refractivity contribution is 0.476. The molecule has 0 atom stereocenters. The number of aromatic nitrogens is 4. The Morgan fingerprint density at radius 2 is 1.22 bits per heavy atom. The summed E-state index contributed by atoms with van der Waals surface area (Å²) in [5, 5.41) is 12.3. The largest absolute Gasteiger partial charge is 0.507 e. The molecule has 7 rings (SSSR count). The van der Waals surface area contributed by atoms with Crippen molar-refractivity contribution in [3.8, 4) is 45.1 Å². The number of pyridine rings is 2. The molecule has 3 aromatic heterocycles. The van der Waals surface area contributed by atoms with Gasteiger partial charge in [-0.15, -0.1) is 0 Å². The molecule has 0 saturated carbocycles. The summed E-state index contributed by atoms with van der Waals surface area (Å²) in [7, 11) is 0. The second-order valence-electron chi connectivity index (χ2n) is 16.5. The molecule has 0 fully saturated rings. The van der Waals surface area contributed by atoms with Crippen molar-refractivity contribution in [2.45, 2.75) is 78.6 Å². The Labute approximate surface area is 295 Å². The van der Waals surface area contributed by atoms with E-state index in [1.54, 1.807) is 6.07 Å². The molecule has 7 aromatic rings. The summed E-state index contributed by atoms with van der Waals surface area (Å²) in [6.45, 7) is 20.0. The third-order valence-corrected chi connectivity index (χ3v) is 9.72. The van der Waals surface area contributed by atoms with Gasteiger partial charge in [-0.25, -0.2) is 4.98 Å².